The molecular formula is C18H21ClN4O4. The Hall–Kier alpha value is -2.32. The SMILES string of the molecule is Cl.O=C1CC[C@@H](N2Cc3c(ccc4c3OC[C@@H]3CNCCN43)C2=O)C(=O)N1. The Bertz CT molecular complexity index is 830. The maximum Gasteiger partial charge on any atom is 0.255 e. The molecular weight excluding hydrogens is 372 g/mol. The number of hydrogen-bond acceptors (Lipinski definition) is 6. The molecule has 144 valence electrons. The molecule has 2 saturated heterocycles. The van der Waals surface area contributed by atoms with Crippen LogP contribution in [0.25, 0.3) is 0 Å². The van der Waals surface area contributed by atoms with Gasteiger partial charge in [0.05, 0.1) is 18.3 Å². The minimum atomic E-state index is -0.598. The smallest absolute Gasteiger partial charge is 0.255 e. The molecule has 27 heavy (non-hydrogen) atoms. The number of halogens is 1. The Morgan fingerprint density at radius 2 is 2.00 bits per heavy atom. The normalized spacial score (nSPS) is 26.4. The van der Waals surface area contributed by atoms with Gasteiger partial charge in [-0.25, -0.2) is 0 Å². The van der Waals surface area contributed by atoms with Crippen molar-refractivity contribution in [1.82, 2.24) is 15.5 Å². The van der Waals surface area contributed by atoms with E-state index in [1.807, 2.05) is 12.1 Å². The summed E-state index contributed by atoms with van der Waals surface area (Å²) in [5.74, 6) is -0.0626. The summed E-state index contributed by atoms with van der Waals surface area (Å²) in [6.45, 7) is 3.65. The van der Waals surface area contributed by atoms with Crippen LogP contribution in [0.1, 0.15) is 28.8 Å². The van der Waals surface area contributed by atoms with Crippen molar-refractivity contribution in [1.29, 1.82) is 0 Å². The first-order valence-corrected chi connectivity index (χ1v) is 9.04. The van der Waals surface area contributed by atoms with Gasteiger partial charge in [0, 0.05) is 37.2 Å². The summed E-state index contributed by atoms with van der Waals surface area (Å²) < 4.78 is 6.05. The van der Waals surface area contributed by atoms with E-state index in [-0.39, 0.29) is 36.5 Å². The van der Waals surface area contributed by atoms with Crippen LogP contribution in [0.3, 0.4) is 0 Å². The molecule has 2 N–H and O–H groups in total. The summed E-state index contributed by atoms with van der Waals surface area (Å²) in [5, 5.41) is 5.71. The van der Waals surface area contributed by atoms with Crippen molar-refractivity contribution in [3.05, 3.63) is 23.3 Å². The van der Waals surface area contributed by atoms with Crippen LogP contribution in [0.2, 0.25) is 0 Å². The quantitative estimate of drug-likeness (QED) is 0.656. The van der Waals surface area contributed by atoms with E-state index < -0.39 is 6.04 Å². The van der Waals surface area contributed by atoms with Crippen molar-refractivity contribution < 1.29 is 19.1 Å². The summed E-state index contributed by atoms with van der Waals surface area (Å²) >= 11 is 0. The van der Waals surface area contributed by atoms with Gasteiger partial charge in [0.2, 0.25) is 11.8 Å². The minimum absolute atomic E-state index is 0. The highest BCUT2D eigenvalue weighted by Crippen LogP contribution is 2.43. The van der Waals surface area contributed by atoms with Gasteiger partial charge >= 0.3 is 0 Å². The first kappa shape index (κ1) is 18.1. The average Bonchev–Trinajstić information content (AvgIpc) is 2.98. The lowest BCUT2D eigenvalue weighted by molar-refractivity contribution is -0.136. The molecule has 0 radical (unpaired) electrons. The molecule has 8 nitrogen and oxygen atoms in total. The second-order valence-electron chi connectivity index (χ2n) is 7.20. The maximum absolute atomic E-state index is 12.9. The van der Waals surface area contributed by atoms with Crippen LogP contribution in [-0.4, -0.2) is 60.9 Å². The number of benzene rings is 1. The molecule has 4 heterocycles. The van der Waals surface area contributed by atoms with Crippen LogP contribution < -0.4 is 20.3 Å². The summed E-state index contributed by atoms with van der Waals surface area (Å²) in [6, 6.07) is 3.50. The van der Waals surface area contributed by atoms with Gasteiger partial charge in [-0.2, -0.15) is 0 Å². The molecule has 0 spiro atoms. The van der Waals surface area contributed by atoms with E-state index in [4.69, 9.17) is 4.74 Å². The summed E-state index contributed by atoms with van der Waals surface area (Å²) in [6.07, 6.45) is 0.626. The molecule has 1 aromatic carbocycles. The van der Waals surface area contributed by atoms with Gasteiger partial charge in [0.25, 0.3) is 5.91 Å². The molecule has 0 bridgehead atoms. The van der Waals surface area contributed by atoms with Crippen LogP contribution in [0.5, 0.6) is 5.75 Å². The van der Waals surface area contributed by atoms with E-state index in [0.717, 1.165) is 36.6 Å². The number of fused-ring (bicyclic) bond motifs is 5. The van der Waals surface area contributed by atoms with Crippen LogP contribution in [-0.2, 0) is 16.1 Å². The zero-order chi connectivity index (χ0) is 17.8. The predicted octanol–water partition coefficient (Wildman–Crippen LogP) is 0.0400. The Labute approximate surface area is 162 Å². The topological polar surface area (TPSA) is 91.0 Å². The Balaban J connectivity index is 0.00000180. The van der Waals surface area contributed by atoms with Crippen molar-refractivity contribution >= 4 is 35.8 Å². The number of carbonyl (C=O) groups is 3. The zero-order valence-electron chi connectivity index (χ0n) is 14.7. The molecule has 9 heteroatoms. The number of piperidine rings is 1. The summed E-state index contributed by atoms with van der Waals surface area (Å²) in [4.78, 5) is 40.4. The highest BCUT2D eigenvalue weighted by molar-refractivity contribution is 6.06. The van der Waals surface area contributed by atoms with Crippen LogP contribution in [0, 0.1) is 0 Å². The number of rotatable bonds is 1. The van der Waals surface area contributed by atoms with Crippen molar-refractivity contribution in [3.8, 4) is 5.75 Å². The fraction of sp³-hybridized carbons (Fsp3) is 0.500. The molecule has 0 aromatic heterocycles. The van der Waals surface area contributed by atoms with Gasteiger partial charge in [0.15, 0.2) is 0 Å². The van der Waals surface area contributed by atoms with E-state index in [0.29, 0.717) is 31.2 Å². The third-order valence-electron chi connectivity index (χ3n) is 5.73. The number of carbonyl (C=O) groups excluding carboxylic acids is 3. The van der Waals surface area contributed by atoms with Crippen molar-refractivity contribution in [2.75, 3.05) is 31.1 Å². The van der Waals surface area contributed by atoms with Gasteiger partial charge in [-0.05, 0) is 18.6 Å². The standard InChI is InChI=1S/C18H20N4O4.ClH/c23-15-4-3-14(17(24)20-15)22-8-12-11(18(22)25)1-2-13-16(12)26-9-10-7-19-5-6-21(10)13;/h1-2,10,14,19H,3-9H2,(H,20,23,24);1H/t10-,14+;/m0./s1. The monoisotopic (exact) mass is 392 g/mol. The maximum atomic E-state index is 12.9. The Kier molecular flexibility index (Phi) is 4.47. The van der Waals surface area contributed by atoms with E-state index in [2.05, 4.69) is 15.5 Å². The second kappa shape index (κ2) is 6.69. The molecule has 0 aliphatic carbocycles. The molecule has 2 atom stereocenters. The molecule has 1 aromatic rings. The van der Waals surface area contributed by atoms with Crippen LogP contribution in [0.15, 0.2) is 12.1 Å². The first-order valence-electron chi connectivity index (χ1n) is 9.04. The number of piperazine rings is 1. The molecule has 4 aliphatic heterocycles. The van der Waals surface area contributed by atoms with Gasteiger partial charge < -0.3 is 19.9 Å². The van der Waals surface area contributed by atoms with Gasteiger partial charge in [-0.15, -0.1) is 12.4 Å². The van der Waals surface area contributed by atoms with E-state index in [1.54, 1.807) is 4.90 Å². The molecule has 5 rings (SSSR count). The predicted molar refractivity (Wildman–Crippen MR) is 99.2 cm³/mol. The molecule has 4 aliphatic rings. The second-order valence-corrected chi connectivity index (χ2v) is 7.20. The molecule has 0 saturated carbocycles. The van der Waals surface area contributed by atoms with Crippen LogP contribution in [0.4, 0.5) is 5.69 Å². The third-order valence-corrected chi connectivity index (χ3v) is 5.73. The van der Waals surface area contributed by atoms with Crippen molar-refractivity contribution in [3.63, 3.8) is 0 Å². The Morgan fingerprint density at radius 1 is 1.15 bits per heavy atom. The van der Waals surface area contributed by atoms with Crippen molar-refractivity contribution in [2.24, 2.45) is 0 Å². The largest absolute Gasteiger partial charge is 0.489 e. The number of anilines is 1. The lowest BCUT2D eigenvalue weighted by Crippen LogP contribution is -2.55. The number of hydrogen-bond donors (Lipinski definition) is 2. The van der Waals surface area contributed by atoms with Gasteiger partial charge in [-0.3, -0.25) is 19.7 Å². The first-order chi connectivity index (χ1) is 12.6. The van der Waals surface area contributed by atoms with E-state index in [9.17, 15) is 14.4 Å². The Morgan fingerprint density at radius 3 is 2.81 bits per heavy atom. The highest BCUT2D eigenvalue weighted by Gasteiger charge is 2.42. The number of nitrogens with zero attached hydrogens (tertiary/aromatic N) is 2. The number of ether oxygens (including phenoxy) is 1. The number of amides is 3. The number of imide groups is 1. The lowest BCUT2D eigenvalue weighted by atomic mass is 10.0. The van der Waals surface area contributed by atoms with Gasteiger partial charge in [-0.1, -0.05) is 0 Å². The van der Waals surface area contributed by atoms with E-state index >= 15 is 0 Å². The highest BCUT2D eigenvalue weighted by atomic mass is 35.5. The summed E-state index contributed by atoms with van der Waals surface area (Å²) in [5.41, 5.74) is 2.48. The average molecular weight is 393 g/mol. The number of nitrogens with one attached hydrogen (secondary N) is 2. The third kappa shape index (κ3) is 2.74. The van der Waals surface area contributed by atoms with Gasteiger partial charge in [0.1, 0.15) is 18.4 Å². The minimum Gasteiger partial charge on any atom is -0.489 e. The van der Waals surface area contributed by atoms with E-state index in [1.165, 1.54) is 0 Å². The van der Waals surface area contributed by atoms with Crippen LogP contribution >= 0.6 is 12.4 Å². The van der Waals surface area contributed by atoms with Crippen molar-refractivity contribution in [2.45, 2.75) is 31.5 Å². The fourth-order valence-electron chi connectivity index (χ4n) is 4.39. The molecule has 0 unspecified atom stereocenters. The lowest BCUT2D eigenvalue weighted by Gasteiger charge is -2.42. The summed E-state index contributed by atoms with van der Waals surface area (Å²) in [7, 11) is 0. The fourth-order valence-corrected chi connectivity index (χ4v) is 4.39. The zero-order valence-corrected chi connectivity index (χ0v) is 15.5. The molecule has 3 amide bonds. The molecule has 2 fully saturated rings.